The van der Waals surface area contributed by atoms with Gasteiger partial charge in [-0.2, -0.15) is 5.10 Å². The fourth-order valence-corrected chi connectivity index (χ4v) is 2.32. The van der Waals surface area contributed by atoms with Crippen LogP contribution in [-0.4, -0.2) is 9.78 Å². The van der Waals surface area contributed by atoms with Crippen molar-refractivity contribution in [3.63, 3.8) is 0 Å². The van der Waals surface area contributed by atoms with Crippen LogP contribution in [0.5, 0.6) is 0 Å². The predicted octanol–water partition coefficient (Wildman–Crippen LogP) is 3.58. The van der Waals surface area contributed by atoms with Crippen LogP contribution in [0.2, 0.25) is 5.02 Å². The van der Waals surface area contributed by atoms with Crippen LogP contribution in [0.25, 0.3) is 11.3 Å². The zero-order valence-corrected chi connectivity index (χ0v) is 11.8. The molecule has 0 aliphatic heterocycles. The maximum absolute atomic E-state index is 6.08. The van der Waals surface area contributed by atoms with Gasteiger partial charge in [-0.3, -0.25) is 4.68 Å². The molecule has 0 bridgehead atoms. The summed E-state index contributed by atoms with van der Waals surface area (Å²) in [4.78, 5) is 0. The van der Waals surface area contributed by atoms with Gasteiger partial charge in [0.25, 0.3) is 0 Å². The summed E-state index contributed by atoms with van der Waals surface area (Å²) < 4.78 is 1.74. The number of halogens is 1. The molecule has 0 saturated heterocycles. The molecule has 3 nitrogen and oxygen atoms in total. The second-order valence-electron chi connectivity index (χ2n) is 4.55. The smallest absolute Gasteiger partial charge is 0.125 e. The lowest BCUT2D eigenvalue weighted by Crippen LogP contribution is -1.99. The van der Waals surface area contributed by atoms with Crippen LogP contribution in [-0.2, 0) is 13.5 Å². The second kappa shape index (κ2) is 5.02. The third kappa shape index (κ3) is 2.23. The number of hydrogen-bond acceptors (Lipinski definition) is 2. The Hall–Kier alpha value is -1.48. The fourth-order valence-electron chi connectivity index (χ4n) is 2.14. The van der Waals surface area contributed by atoms with Gasteiger partial charge in [-0.15, -0.1) is 0 Å². The Morgan fingerprint density at radius 2 is 2.11 bits per heavy atom. The van der Waals surface area contributed by atoms with Crippen molar-refractivity contribution >= 4 is 17.4 Å². The monoisotopic (exact) mass is 263 g/mol. The lowest BCUT2D eigenvalue weighted by Gasteiger charge is -2.06. The number of aryl methyl sites for hydroxylation is 2. The minimum atomic E-state index is 0.724. The first kappa shape index (κ1) is 13.0. The molecule has 0 aliphatic rings. The largest absolute Gasteiger partial charge is 0.384 e. The Balaban J connectivity index is 2.63. The molecule has 1 heterocycles. The highest BCUT2D eigenvalue weighted by Crippen LogP contribution is 2.31. The van der Waals surface area contributed by atoms with Crippen LogP contribution < -0.4 is 5.73 Å². The van der Waals surface area contributed by atoms with E-state index in [0.29, 0.717) is 0 Å². The Bertz CT molecular complexity index is 573. The number of benzene rings is 1. The molecule has 1 aromatic carbocycles. The number of anilines is 1. The summed E-state index contributed by atoms with van der Waals surface area (Å²) in [6.07, 6.45) is 1.98. The van der Waals surface area contributed by atoms with Crippen molar-refractivity contribution in [3.05, 3.63) is 34.3 Å². The number of nitrogens with zero attached hydrogens (tertiary/aromatic N) is 2. The molecule has 0 radical (unpaired) electrons. The van der Waals surface area contributed by atoms with E-state index in [2.05, 4.69) is 18.9 Å². The molecule has 4 heteroatoms. The fraction of sp³-hybridized carbons (Fsp3) is 0.357. The number of nitrogen functional groups attached to an aromatic ring is 1. The van der Waals surface area contributed by atoms with E-state index in [1.54, 1.807) is 4.68 Å². The number of nitrogens with two attached hydrogens (primary N) is 1. The van der Waals surface area contributed by atoms with Crippen molar-refractivity contribution in [2.45, 2.75) is 26.7 Å². The van der Waals surface area contributed by atoms with E-state index in [4.69, 9.17) is 17.3 Å². The van der Waals surface area contributed by atoms with E-state index in [9.17, 15) is 0 Å². The highest BCUT2D eigenvalue weighted by molar-refractivity contribution is 6.30. The van der Waals surface area contributed by atoms with Crippen molar-refractivity contribution in [1.29, 1.82) is 0 Å². The van der Waals surface area contributed by atoms with Crippen LogP contribution in [0.4, 0.5) is 5.82 Å². The molecule has 0 fully saturated rings. The maximum Gasteiger partial charge on any atom is 0.125 e. The first-order valence-electron chi connectivity index (χ1n) is 6.12. The minimum absolute atomic E-state index is 0.724. The van der Waals surface area contributed by atoms with Gasteiger partial charge in [0.15, 0.2) is 0 Å². The van der Waals surface area contributed by atoms with Crippen molar-refractivity contribution in [2.24, 2.45) is 7.05 Å². The quantitative estimate of drug-likeness (QED) is 0.920. The first-order chi connectivity index (χ1) is 8.54. The highest BCUT2D eigenvalue weighted by atomic mass is 35.5. The Labute approximate surface area is 113 Å². The topological polar surface area (TPSA) is 43.8 Å². The molecule has 2 aromatic rings. The third-order valence-electron chi connectivity index (χ3n) is 3.15. The van der Waals surface area contributed by atoms with Crippen LogP contribution in [0.1, 0.15) is 24.5 Å². The van der Waals surface area contributed by atoms with Gasteiger partial charge < -0.3 is 5.73 Å². The van der Waals surface area contributed by atoms with Gasteiger partial charge >= 0.3 is 0 Å². The summed E-state index contributed by atoms with van der Waals surface area (Å²) in [5, 5.41) is 5.26. The van der Waals surface area contributed by atoms with E-state index in [1.807, 2.05) is 25.2 Å². The molecular weight excluding hydrogens is 246 g/mol. The normalized spacial score (nSPS) is 10.9. The standard InChI is InChI=1S/C14H18ClN3/c1-4-5-11-13(17-18(3)14(11)16)12-8-10(15)7-6-9(12)2/h6-8H,4-5,16H2,1-3H3. The van der Waals surface area contributed by atoms with Crippen LogP contribution >= 0.6 is 11.6 Å². The number of hydrogen-bond donors (Lipinski definition) is 1. The summed E-state index contributed by atoms with van der Waals surface area (Å²) in [5.74, 6) is 0.742. The molecule has 2 N–H and O–H groups in total. The van der Waals surface area contributed by atoms with Crippen LogP contribution in [0.15, 0.2) is 18.2 Å². The average Bonchev–Trinajstić information content (AvgIpc) is 2.61. The van der Waals surface area contributed by atoms with Gasteiger partial charge in [0.2, 0.25) is 0 Å². The van der Waals surface area contributed by atoms with Gasteiger partial charge in [-0.05, 0) is 31.0 Å². The Morgan fingerprint density at radius 1 is 1.39 bits per heavy atom. The summed E-state index contributed by atoms with van der Waals surface area (Å²) in [7, 11) is 1.87. The van der Waals surface area contributed by atoms with E-state index < -0.39 is 0 Å². The van der Waals surface area contributed by atoms with Gasteiger partial charge in [-0.25, -0.2) is 0 Å². The van der Waals surface area contributed by atoms with E-state index >= 15 is 0 Å². The van der Waals surface area contributed by atoms with E-state index in [0.717, 1.165) is 46.1 Å². The maximum atomic E-state index is 6.08. The summed E-state index contributed by atoms with van der Waals surface area (Å²) in [6.45, 7) is 4.20. The highest BCUT2D eigenvalue weighted by Gasteiger charge is 2.16. The molecule has 0 aliphatic carbocycles. The second-order valence-corrected chi connectivity index (χ2v) is 4.98. The van der Waals surface area contributed by atoms with Crippen LogP contribution in [0, 0.1) is 6.92 Å². The van der Waals surface area contributed by atoms with Gasteiger partial charge in [-0.1, -0.05) is 31.0 Å². The first-order valence-corrected chi connectivity index (χ1v) is 6.50. The summed E-state index contributed by atoms with van der Waals surface area (Å²) in [6, 6.07) is 5.86. The third-order valence-corrected chi connectivity index (χ3v) is 3.38. The Morgan fingerprint density at radius 3 is 2.78 bits per heavy atom. The molecule has 0 spiro atoms. The SMILES string of the molecule is CCCc1c(-c2cc(Cl)ccc2C)nn(C)c1N. The predicted molar refractivity (Wildman–Crippen MR) is 76.8 cm³/mol. The molecule has 18 heavy (non-hydrogen) atoms. The molecule has 0 saturated carbocycles. The minimum Gasteiger partial charge on any atom is -0.384 e. The molecule has 0 amide bonds. The number of rotatable bonds is 3. The van der Waals surface area contributed by atoms with Crippen molar-refractivity contribution in [2.75, 3.05) is 5.73 Å². The van der Waals surface area contributed by atoms with Crippen molar-refractivity contribution < 1.29 is 0 Å². The van der Waals surface area contributed by atoms with Gasteiger partial charge in [0, 0.05) is 23.2 Å². The lowest BCUT2D eigenvalue weighted by atomic mass is 10.0. The summed E-state index contributed by atoms with van der Waals surface area (Å²) >= 11 is 6.08. The molecule has 0 unspecified atom stereocenters. The summed E-state index contributed by atoms with van der Waals surface area (Å²) in [5.41, 5.74) is 10.4. The van der Waals surface area contributed by atoms with Crippen molar-refractivity contribution in [3.8, 4) is 11.3 Å². The zero-order valence-electron chi connectivity index (χ0n) is 11.0. The molecule has 96 valence electrons. The molecule has 0 atom stereocenters. The van der Waals surface area contributed by atoms with Gasteiger partial charge in [0.1, 0.15) is 5.82 Å². The number of aromatic nitrogens is 2. The van der Waals surface area contributed by atoms with Gasteiger partial charge in [0.05, 0.1) is 5.69 Å². The average molecular weight is 264 g/mol. The molecule has 2 rings (SSSR count). The van der Waals surface area contributed by atoms with Crippen molar-refractivity contribution in [1.82, 2.24) is 9.78 Å². The van der Waals surface area contributed by atoms with E-state index in [-0.39, 0.29) is 0 Å². The van der Waals surface area contributed by atoms with Crippen LogP contribution in [0.3, 0.4) is 0 Å². The zero-order chi connectivity index (χ0) is 13.3. The van der Waals surface area contributed by atoms with E-state index in [1.165, 1.54) is 0 Å². The lowest BCUT2D eigenvalue weighted by molar-refractivity contribution is 0.781. The molecule has 1 aromatic heterocycles. The molecular formula is C14H18ClN3. The Kier molecular flexibility index (Phi) is 3.62.